The quantitative estimate of drug-likeness (QED) is 0.372. The molecule has 2 fully saturated rings. The normalized spacial score (nSPS) is 40.3. The van der Waals surface area contributed by atoms with E-state index in [9.17, 15) is 0 Å². The number of allylic oxidation sites excluding steroid dienone is 2. The predicted molar refractivity (Wildman–Crippen MR) is 83.1 cm³/mol. The summed E-state index contributed by atoms with van der Waals surface area (Å²) in [6.07, 6.45) is 13.2. The van der Waals surface area contributed by atoms with Crippen molar-refractivity contribution in [2.24, 2.45) is 29.6 Å². The lowest BCUT2D eigenvalue weighted by Gasteiger charge is -2.43. The first-order chi connectivity index (χ1) is 9.22. The fraction of sp³-hybridized carbons (Fsp3) is 0.895. The molecule has 3 rings (SSSR count). The van der Waals surface area contributed by atoms with E-state index in [1.807, 2.05) is 11.1 Å². The van der Waals surface area contributed by atoms with Crippen LogP contribution in [0.1, 0.15) is 78.6 Å². The van der Waals surface area contributed by atoms with E-state index in [4.69, 9.17) is 0 Å². The third-order valence-corrected chi connectivity index (χ3v) is 6.19. The van der Waals surface area contributed by atoms with Gasteiger partial charge in [-0.15, -0.1) is 0 Å². The van der Waals surface area contributed by atoms with Gasteiger partial charge < -0.3 is 0 Å². The van der Waals surface area contributed by atoms with Crippen LogP contribution < -0.4 is 0 Å². The van der Waals surface area contributed by atoms with Crippen LogP contribution in [0.25, 0.3) is 0 Å². The molecule has 0 heterocycles. The van der Waals surface area contributed by atoms with E-state index in [-0.39, 0.29) is 0 Å². The minimum atomic E-state index is 1.02. The van der Waals surface area contributed by atoms with Gasteiger partial charge in [0.1, 0.15) is 0 Å². The van der Waals surface area contributed by atoms with Crippen molar-refractivity contribution < 1.29 is 0 Å². The van der Waals surface area contributed by atoms with Gasteiger partial charge in [0, 0.05) is 0 Å². The standard InChI is InChI=1S/C19H32/c1-4-5-6-7-8-9-15-13(2)11-17(15)19-12-18(19)16-10-14(16)3/h13-17H,4-12H2,1-3H3. The molecule has 5 atom stereocenters. The van der Waals surface area contributed by atoms with Gasteiger partial charge in [0.25, 0.3) is 0 Å². The van der Waals surface area contributed by atoms with Gasteiger partial charge in [-0.05, 0) is 55.3 Å². The average molecular weight is 260 g/mol. The van der Waals surface area contributed by atoms with Gasteiger partial charge in [-0.2, -0.15) is 0 Å². The highest BCUT2D eigenvalue weighted by Crippen LogP contribution is 2.61. The smallest absolute Gasteiger partial charge is 0.00969 e. The summed E-state index contributed by atoms with van der Waals surface area (Å²) < 4.78 is 0. The van der Waals surface area contributed by atoms with Gasteiger partial charge in [0.2, 0.25) is 0 Å². The first kappa shape index (κ1) is 13.7. The molecule has 0 aromatic rings. The van der Waals surface area contributed by atoms with Crippen LogP contribution in [0.2, 0.25) is 0 Å². The zero-order chi connectivity index (χ0) is 13.4. The first-order valence-electron chi connectivity index (χ1n) is 8.94. The van der Waals surface area contributed by atoms with E-state index in [0.717, 1.165) is 29.6 Å². The number of hydrogen-bond acceptors (Lipinski definition) is 0. The minimum absolute atomic E-state index is 1.02. The molecule has 2 saturated carbocycles. The molecule has 0 radical (unpaired) electrons. The highest BCUT2D eigenvalue weighted by atomic mass is 14.5. The highest BCUT2D eigenvalue weighted by Gasteiger charge is 2.49. The van der Waals surface area contributed by atoms with Gasteiger partial charge in [-0.25, -0.2) is 0 Å². The molecule has 0 heteroatoms. The van der Waals surface area contributed by atoms with E-state index >= 15 is 0 Å². The average Bonchev–Trinajstić information content (AvgIpc) is 3.27. The summed E-state index contributed by atoms with van der Waals surface area (Å²) in [6.45, 7) is 7.24. The largest absolute Gasteiger partial charge is 0.0654 e. The van der Waals surface area contributed by atoms with Gasteiger partial charge in [0.05, 0.1) is 0 Å². The third kappa shape index (κ3) is 2.93. The molecule has 5 unspecified atom stereocenters. The Morgan fingerprint density at radius 3 is 2.16 bits per heavy atom. The number of unbranched alkanes of at least 4 members (excludes halogenated alkanes) is 4. The third-order valence-electron chi connectivity index (χ3n) is 6.19. The predicted octanol–water partition coefficient (Wildman–Crippen LogP) is 5.98. The summed E-state index contributed by atoms with van der Waals surface area (Å²) in [5.41, 5.74) is 3.85. The van der Waals surface area contributed by atoms with Gasteiger partial charge >= 0.3 is 0 Å². The second-order valence-corrected chi connectivity index (χ2v) is 7.73. The van der Waals surface area contributed by atoms with Crippen LogP contribution in [0.4, 0.5) is 0 Å². The molecule has 0 saturated heterocycles. The molecule has 0 aliphatic heterocycles. The highest BCUT2D eigenvalue weighted by molar-refractivity contribution is 5.43. The lowest BCUT2D eigenvalue weighted by atomic mass is 9.62. The monoisotopic (exact) mass is 260 g/mol. The molecule has 19 heavy (non-hydrogen) atoms. The van der Waals surface area contributed by atoms with Crippen molar-refractivity contribution in [3.63, 3.8) is 0 Å². The first-order valence-corrected chi connectivity index (χ1v) is 8.94. The molecule has 0 nitrogen and oxygen atoms in total. The van der Waals surface area contributed by atoms with E-state index in [1.165, 1.54) is 57.8 Å². The summed E-state index contributed by atoms with van der Waals surface area (Å²) in [6, 6.07) is 0. The Bertz CT molecular complexity index is 351. The summed E-state index contributed by atoms with van der Waals surface area (Å²) in [5.74, 6) is 5.17. The van der Waals surface area contributed by atoms with Crippen LogP contribution in [0.5, 0.6) is 0 Å². The molecule has 0 spiro atoms. The van der Waals surface area contributed by atoms with Gasteiger partial charge in [-0.3, -0.25) is 0 Å². The van der Waals surface area contributed by atoms with Crippen LogP contribution in [0.3, 0.4) is 0 Å². The Hall–Kier alpha value is -0.260. The van der Waals surface area contributed by atoms with Crippen LogP contribution in [0.15, 0.2) is 11.1 Å². The van der Waals surface area contributed by atoms with Crippen molar-refractivity contribution in [3.8, 4) is 0 Å². The molecule has 0 aromatic heterocycles. The maximum atomic E-state index is 2.50. The fourth-order valence-electron chi connectivity index (χ4n) is 4.53. The topological polar surface area (TPSA) is 0 Å². The van der Waals surface area contributed by atoms with Crippen molar-refractivity contribution in [3.05, 3.63) is 11.1 Å². The van der Waals surface area contributed by atoms with E-state index in [1.54, 1.807) is 0 Å². The van der Waals surface area contributed by atoms with Crippen LogP contribution >= 0.6 is 0 Å². The lowest BCUT2D eigenvalue weighted by Crippen LogP contribution is -2.34. The Morgan fingerprint density at radius 2 is 1.53 bits per heavy atom. The Kier molecular flexibility index (Phi) is 4.06. The van der Waals surface area contributed by atoms with Crippen molar-refractivity contribution in [2.75, 3.05) is 0 Å². The molecular formula is C19H32. The van der Waals surface area contributed by atoms with E-state index in [2.05, 4.69) is 20.8 Å². The summed E-state index contributed by atoms with van der Waals surface area (Å²) in [4.78, 5) is 0. The van der Waals surface area contributed by atoms with Gasteiger partial charge in [-0.1, -0.05) is 64.0 Å². The Balaban J connectivity index is 1.42. The lowest BCUT2D eigenvalue weighted by molar-refractivity contribution is 0.106. The molecule has 3 aliphatic carbocycles. The van der Waals surface area contributed by atoms with E-state index in [0.29, 0.717) is 0 Å². The SMILES string of the molecule is CCCCCCCC1C(C)CC1C1=C(C2CC2C)C1. The Labute approximate surface area is 120 Å². The van der Waals surface area contributed by atoms with Crippen molar-refractivity contribution in [1.29, 1.82) is 0 Å². The second-order valence-electron chi connectivity index (χ2n) is 7.73. The van der Waals surface area contributed by atoms with E-state index < -0.39 is 0 Å². The molecule has 108 valence electrons. The second kappa shape index (κ2) is 5.62. The number of rotatable bonds is 8. The van der Waals surface area contributed by atoms with Crippen molar-refractivity contribution >= 4 is 0 Å². The van der Waals surface area contributed by atoms with Crippen LogP contribution in [-0.4, -0.2) is 0 Å². The van der Waals surface area contributed by atoms with Crippen molar-refractivity contribution in [1.82, 2.24) is 0 Å². The summed E-state index contributed by atoms with van der Waals surface area (Å²) in [5, 5.41) is 0. The van der Waals surface area contributed by atoms with Crippen LogP contribution in [0, 0.1) is 29.6 Å². The zero-order valence-electron chi connectivity index (χ0n) is 13.3. The zero-order valence-corrected chi connectivity index (χ0v) is 13.3. The minimum Gasteiger partial charge on any atom is -0.0654 e. The number of hydrogen-bond donors (Lipinski definition) is 0. The Morgan fingerprint density at radius 1 is 0.842 bits per heavy atom. The van der Waals surface area contributed by atoms with Crippen molar-refractivity contribution in [2.45, 2.75) is 78.6 Å². The molecule has 0 amide bonds. The fourth-order valence-corrected chi connectivity index (χ4v) is 4.53. The summed E-state index contributed by atoms with van der Waals surface area (Å²) in [7, 11) is 0. The molecule has 3 aliphatic rings. The maximum absolute atomic E-state index is 2.50. The molecule has 0 N–H and O–H groups in total. The van der Waals surface area contributed by atoms with Gasteiger partial charge in [0.15, 0.2) is 0 Å². The maximum Gasteiger partial charge on any atom is -0.00969 e. The van der Waals surface area contributed by atoms with Crippen LogP contribution in [-0.2, 0) is 0 Å². The molecule has 0 bridgehead atoms. The molecular weight excluding hydrogens is 228 g/mol. The summed E-state index contributed by atoms with van der Waals surface area (Å²) >= 11 is 0. The molecule has 0 aromatic carbocycles.